The first-order chi connectivity index (χ1) is 8.95. The predicted octanol–water partition coefficient (Wildman–Crippen LogP) is 3.19. The minimum absolute atomic E-state index is 0.00974. The summed E-state index contributed by atoms with van der Waals surface area (Å²) in [7, 11) is 1.69. The number of hydrogen-bond donors (Lipinski definition) is 1. The first-order valence-electron chi connectivity index (χ1n) is 5.89. The monoisotopic (exact) mass is 299 g/mol. The van der Waals surface area contributed by atoms with Gasteiger partial charge >= 0.3 is 12.3 Å². The van der Waals surface area contributed by atoms with Gasteiger partial charge in [-0.2, -0.15) is 8.78 Å². The lowest BCUT2D eigenvalue weighted by Crippen LogP contribution is -2.36. The summed E-state index contributed by atoms with van der Waals surface area (Å²) in [5.74, 6) is -4.08. The fourth-order valence-electron chi connectivity index (χ4n) is 1.48. The van der Waals surface area contributed by atoms with Crippen LogP contribution < -0.4 is 5.32 Å². The van der Waals surface area contributed by atoms with Crippen molar-refractivity contribution in [2.75, 3.05) is 20.3 Å². The highest BCUT2D eigenvalue weighted by molar-refractivity contribution is 7.09. The van der Waals surface area contributed by atoms with Crippen LogP contribution in [0.4, 0.5) is 17.6 Å². The van der Waals surface area contributed by atoms with E-state index in [0.717, 1.165) is 6.42 Å². The summed E-state index contributed by atoms with van der Waals surface area (Å²) in [5.41, 5.74) is 0. The van der Waals surface area contributed by atoms with E-state index in [2.05, 4.69) is 5.32 Å². The van der Waals surface area contributed by atoms with Gasteiger partial charge in [-0.05, 0) is 31.3 Å². The Morgan fingerprint density at radius 1 is 1.42 bits per heavy atom. The minimum Gasteiger partial charge on any atom is -0.373 e. The maximum Gasteiger partial charge on any atom is 0.330 e. The molecule has 1 heterocycles. The number of ether oxygens (including phenoxy) is 1. The molecule has 0 aliphatic rings. The highest BCUT2D eigenvalue weighted by Gasteiger charge is 2.41. The van der Waals surface area contributed by atoms with Crippen molar-refractivity contribution in [3.8, 4) is 0 Å². The molecule has 1 aromatic rings. The van der Waals surface area contributed by atoms with Crippen LogP contribution in [0.3, 0.4) is 0 Å². The zero-order chi connectivity index (χ0) is 14.3. The van der Waals surface area contributed by atoms with Gasteiger partial charge in [0.2, 0.25) is 0 Å². The Bertz CT molecular complexity index is 346. The number of hydrogen-bond acceptors (Lipinski definition) is 3. The van der Waals surface area contributed by atoms with E-state index in [9.17, 15) is 17.6 Å². The van der Waals surface area contributed by atoms with E-state index in [4.69, 9.17) is 4.74 Å². The van der Waals surface area contributed by atoms with Gasteiger partial charge in [0.15, 0.2) is 0 Å². The molecule has 110 valence electrons. The maximum absolute atomic E-state index is 12.6. The normalized spacial score (nSPS) is 14.0. The minimum atomic E-state index is -4.08. The topological polar surface area (TPSA) is 21.3 Å². The Hall–Kier alpha value is -0.660. The molecule has 0 saturated carbocycles. The van der Waals surface area contributed by atoms with E-state index in [1.165, 1.54) is 4.88 Å². The molecule has 19 heavy (non-hydrogen) atoms. The zero-order valence-corrected chi connectivity index (χ0v) is 11.4. The second-order valence-corrected chi connectivity index (χ2v) is 5.21. The quantitative estimate of drug-likeness (QED) is 0.707. The smallest absolute Gasteiger partial charge is 0.330 e. The fourth-order valence-corrected chi connectivity index (χ4v) is 2.21. The molecule has 1 N–H and O–H groups in total. The molecule has 0 bridgehead atoms. The zero-order valence-electron chi connectivity index (χ0n) is 10.5. The summed E-state index contributed by atoms with van der Waals surface area (Å²) in [6.07, 6.45) is -2.18. The van der Waals surface area contributed by atoms with E-state index in [0.29, 0.717) is 6.42 Å². The SMILES string of the molecule is CNC(CCc1cccs1)COCC(F)(F)C(F)F. The van der Waals surface area contributed by atoms with Gasteiger partial charge in [0.1, 0.15) is 6.61 Å². The van der Waals surface area contributed by atoms with Crippen LogP contribution in [0.1, 0.15) is 11.3 Å². The third kappa shape index (κ3) is 5.88. The molecule has 1 atom stereocenters. The number of aryl methyl sites for hydroxylation is 1. The summed E-state index contributed by atoms with van der Waals surface area (Å²) in [6.45, 7) is -1.26. The summed E-state index contributed by atoms with van der Waals surface area (Å²) < 4.78 is 53.7. The molecule has 0 fully saturated rings. The summed E-state index contributed by atoms with van der Waals surface area (Å²) in [5, 5.41) is 4.89. The third-order valence-corrected chi connectivity index (χ3v) is 3.60. The molecule has 0 spiro atoms. The van der Waals surface area contributed by atoms with E-state index < -0.39 is 19.0 Å². The lowest BCUT2D eigenvalue weighted by Gasteiger charge is -2.19. The lowest BCUT2D eigenvalue weighted by atomic mass is 10.1. The van der Waals surface area contributed by atoms with Crippen molar-refractivity contribution in [2.45, 2.75) is 31.2 Å². The van der Waals surface area contributed by atoms with Crippen molar-refractivity contribution in [1.82, 2.24) is 5.32 Å². The Kier molecular flexibility index (Phi) is 6.74. The molecule has 1 unspecified atom stereocenters. The van der Waals surface area contributed by atoms with Crippen LogP contribution in [-0.2, 0) is 11.2 Å². The largest absolute Gasteiger partial charge is 0.373 e. The first kappa shape index (κ1) is 16.4. The number of nitrogens with one attached hydrogen (secondary N) is 1. The van der Waals surface area contributed by atoms with Crippen molar-refractivity contribution < 1.29 is 22.3 Å². The van der Waals surface area contributed by atoms with Crippen LogP contribution in [-0.4, -0.2) is 38.7 Å². The van der Waals surface area contributed by atoms with Crippen LogP contribution in [0, 0.1) is 0 Å². The molecule has 1 rings (SSSR count). The third-order valence-electron chi connectivity index (χ3n) is 2.66. The average molecular weight is 299 g/mol. The molecule has 0 amide bonds. The molecule has 0 saturated heterocycles. The van der Waals surface area contributed by atoms with Crippen molar-refractivity contribution in [3.63, 3.8) is 0 Å². The van der Waals surface area contributed by atoms with E-state index in [-0.39, 0.29) is 12.6 Å². The molecule has 0 radical (unpaired) electrons. The van der Waals surface area contributed by atoms with Gasteiger partial charge in [-0.3, -0.25) is 0 Å². The maximum atomic E-state index is 12.6. The van der Waals surface area contributed by atoms with Gasteiger partial charge in [-0.15, -0.1) is 11.3 Å². The summed E-state index contributed by atoms with van der Waals surface area (Å²) in [6, 6.07) is 3.80. The molecular weight excluding hydrogens is 282 g/mol. The number of likely N-dealkylation sites (N-methyl/N-ethyl adjacent to an activating group) is 1. The predicted molar refractivity (Wildman–Crippen MR) is 67.3 cm³/mol. The van der Waals surface area contributed by atoms with Crippen molar-refractivity contribution >= 4 is 11.3 Å². The van der Waals surface area contributed by atoms with Gasteiger partial charge in [-0.1, -0.05) is 6.07 Å². The van der Waals surface area contributed by atoms with Crippen molar-refractivity contribution in [2.24, 2.45) is 0 Å². The first-order valence-corrected chi connectivity index (χ1v) is 6.77. The fraction of sp³-hybridized carbons (Fsp3) is 0.667. The van der Waals surface area contributed by atoms with Crippen molar-refractivity contribution in [1.29, 1.82) is 0 Å². The molecule has 0 aliphatic carbocycles. The van der Waals surface area contributed by atoms with Crippen LogP contribution in [0.15, 0.2) is 17.5 Å². The van der Waals surface area contributed by atoms with Crippen LogP contribution in [0.25, 0.3) is 0 Å². The Morgan fingerprint density at radius 3 is 2.68 bits per heavy atom. The van der Waals surface area contributed by atoms with Crippen LogP contribution >= 0.6 is 11.3 Å². The summed E-state index contributed by atoms with van der Waals surface area (Å²) in [4.78, 5) is 1.19. The molecular formula is C12H17F4NOS. The Morgan fingerprint density at radius 2 is 2.16 bits per heavy atom. The van der Waals surface area contributed by atoms with Gasteiger partial charge in [0.25, 0.3) is 0 Å². The van der Waals surface area contributed by atoms with E-state index >= 15 is 0 Å². The summed E-state index contributed by atoms with van der Waals surface area (Å²) >= 11 is 1.62. The van der Waals surface area contributed by atoms with Crippen molar-refractivity contribution in [3.05, 3.63) is 22.4 Å². The average Bonchev–Trinajstić information content (AvgIpc) is 2.86. The van der Waals surface area contributed by atoms with Gasteiger partial charge in [-0.25, -0.2) is 8.78 Å². The molecule has 0 aromatic carbocycles. The molecule has 2 nitrogen and oxygen atoms in total. The molecule has 0 aliphatic heterocycles. The number of alkyl halides is 4. The molecule has 1 aromatic heterocycles. The van der Waals surface area contributed by atoms with Crippen LogP contribution in [0.2, 0.25) is 0 Å². The standard InChI is InChI=1S/C12H17F4NOS/c1-17-9(4-5-10-3-2-6-19-10)7-18-8-12(15,16)11(13)14/h2-3,6,9,11,17H,4-5,7-8H2,1H3. The Labute approximate surface area is 113 Å². The number of thiophene rings is 1. The van der Waals surface area contributed by atoms with E-state index in [1.807, 2.05) is 17.5 Å². The second kappa shape index (κ2) is 7.81. The Balaban J connectivity index is 2.25. The van der Waals surface area contributed by atoms with Gasteiger partial charge < -0.3 is 10.1 Å². The molecule has 7 heteroatoms. The second-order valence-electron chi connectivity index (χ2n) is 4.18. The van der Waals surface area contributed by atoms with Crippen LogP contribution in [0.5, 0.6) is 0 Å². The highest BCUT2D eigenvalue weighted by atomic mass is 32.1. The number of rotatable bonds is 9. The lowest BCUT2D eigenvalue weighted by molar-refractivity contribution is -0.167. The van der Waals surface area contributed by atoms with Gasteiger partial charge in [0, 0.05) is 10.9 Å². The number of halogens is 4. The highest BCUT2D eigenvalue weighted by Crippen LogP contribution is 2.23. The van der Waals surface area contributed by atoms with E-state index in [1.54, 1.807) is 18.4 Å². The van der Waals surface area contributed by atoms with Gasteiger partial charge in [0.05, 0.1) is 6.61 Å².